The summed E-state index contributed by atoms with van der Waals surface area (Å²) in [5, 5.41) is 8.10. The van der Waals surface area contributed by atoms with Gasteiger partial charge in [0.05, 0.1) is 6.07 Å². The maximum absolute atomic E-state index is 8.10. The fraction of sp³-hybridized carbons (Fsp3) is 0.667. The minimum absolute atomic E-state index is 0.463. The summed E-state index contributed by atoms with van der Waals surface area (Å²) in [4.78, 5) is 0. The number of hydrogen-bond donors (Lipinski definition) is 0. The molecule has 39 valence electrons. The van der Waals surface area contributed by atoms with E-state index in [0.717, 1.165) is 0 Å². The van der Waals surface area contributed by atoms with Crippen molar-refractivity contribution >= 4 is 0 Å². The Labute approximate surface area is 45.0 Å². The van der Waals surface area contributed by atoms with Crippen LogP contribution in [0.4, 0.5) is 0 Å². The van der Waals surface area contributed by atoms with E-state index in [-0.39, 0.29) is 0 Å². The van der Waals surface area contributed by atoms with Gasteiger partial charge in [0.2, 0.25) is 0 Å². The Morgan fingerprint density at radius 2 is 2.43 bits per heavy atom. The van der Waals surface area contributed by atoms with Gasteiger partial charge >= 0.3 is 0 Å². The van der Waals surface area contributed by atoms with Crippen LogP contribution in [0.3, 0.4) is 0 Å². The maximum atomic E-state index is 8.10. The van der Waals surface area contributed by atoms with Crippen LogP contribution in [0.25, 0.3) is 0 Å². The van der Waals surface area contributed by atoms with Crippen LogP contribution in [0.15, 0.2) is 0 Å². The monoisotopic (exact) mass is 96.1 g/mol. The van der Waals surface area contributed by atoms with Gasteiger partial charge in [0.25, 0.3) is 0 Å². The highest BCUT2D eigenvalue weighted by Crippen LogP contribution is 2.01. The fourth-order valence-corrected chi connectivity index (χ4v) is 0.262. The second-order valence-corrected chi connectivity index (χ2v) is 1.67. The second kappa shape index (κ2) is 3.67. The summed E-state index contributed by atoms with van der Waals surface area (Å²) >= 11 is 0. The third-order valence-electron chi connectivity index (χ3n) is 0.982. The first-order valence-electron chi connectivity index (χ1n) is 2.47. The molecule has 1 nitrogen and oxygen atoms in total. The van der Waals surface area contributed by atoms with Crippen molar-refractivity contribution in [2.75, 3.05) is 0 Å². The summed E-state index contributed by atoms with van der Waals surface area (Å²) in [6.07, 6.45) is 2.68. The minimum atomic E-state index is 0.463. The van der Waals surface area contributed by atoms with E-state index in [0.29, 0.717) is 12.3 Å². The molecule has 0 saturated carbocycles. The first-order chi connectivity index (χ1) is 3.31. The van der Waals surface area contributed by atoms with Crippen LogP contribution in [0.5, 0.6) is 0 Å². The van der Waals surface area contributed by atoms with Gasteiger partial charge in [0.1, 0.15) is 0 Å². The van der Waals surface area contributed by atoms with Crippen LogP contribution < -0.4 is 0 Å². The van der Waals surface area contributed by atoms with Gasteiger partial charge in [-0.3, -0.25) is 0 Å². The average molecular weight is 96.2 g/mol. The highest BCUT2D eigenvalue weighted by molar-refractivity contribution is 4.78. The zero-order valence-electron chi connectivity index (χ0n) is 4.81. The van der Waals surface area contributed by atoms with Crippen LogP contribution in [-0.4, -0.2) is 0 Å². The highest BCUT2D eigenvalue weighted by atomic mass is 14.2. The van der Waals surface area contributed by atoms with Crippen molar-refractivity contribution in [2.24, 2.45) is 5.92 Å². The van der Waals surface area contributed by atoms with E-state index < -0.39 is 0 Å². The Bertz CT molecular complexity index is 70.7. The van der Waals surface area contributed by atoms with Crippen LogP contribution in [-0.2, 0) is 0 Å². The maximum Gasteiger partial charge on any atom is 0.0624 e. The van der Waals surface area contributed by atoms with E-state index in [1.54, 1.807) is 0 Å². The highest BCUT2D eigenvalue weighted by Gasteiger charge is 1.93. The molecule has 0 aliphatic rings. The van der Waals surface area contributed by atoms with Crippen LogP contribution in [0.2, 0.25) is 0 Å². The third-order valence-corrected chi connectivity index (χ3v) is 0.982. The first kappa shape index (κ1) is 6.49. The lowest BCUT2D eigenvalue weighted by Gasteiger charge is -1.96. The predicted molar refractivity (Wildman–Crippen MR) is 29.4 cm³/mol. The summed E-state index contributed by atoms with van der Waals surface area (Å²) in [6.45, 7) is 4.01. The molecule has 1 unspecified atom stereocenters. The lowest BCUT2D eigenvalue weighted by atomic mass is 10.1. The molecule has 0 N–H and O–H groups in total. The Kier molecular flexibility index (Phi) is 3.40. The van der Waals surface area contributed by atoms with Crippen molar-refractivity contribution in [3.05, 3.63) is 6.42 Å². The quantitative estimate of drug-likeness (QED) is 0.514. The molecule has 0 heterocycles. The van der Waals surface area contributed by atoms with Gasteiger partial charge in [-0.2, -0.15) is 5.26 Å². The summed E-state index contributed by atoms with van der Waals surface area (Å²) < 4.78 is 0. The molecule has 0 aliphatic carbocycles. The van der Waals surface area contributed by atoms with Gasteiger partial charge in [-0.1, -0.05) is 13.8 Å². The minimum Gasteiger partial charge on any atom is -0.198 e. The molecule has 0 rings (SSSR count). The van der Waals surface area contributed by atoms with Crippen molar-refractivity contribution in [2.45, 2.75) is 20.3 Å². The largest absolute Gasteiger partial charge is 0.198 e. The molecule has 0 fully saturated rings. The molecule has 0 spiro atoms. The van der Waals surface area contributed by atoms with E-state index in [1.165, 1.54) is 0 Å². The number of nitriles is 1. The molecule has 0 aromatic carbocycles. The van der Waals surface area contributed by atoms with E-state index in [2.05, 4.69) is 6.07 Å². The van der Waals surface area contributed by atoms with Crippen molar-refractivity contribution in [3.63, 3.8) is 0 Å². The number of hydrogen-bond acceptors (Lipinski definition) is 1. The normalized spacial score (nSPS) is 12.7. The van der Waals surface area contributed by atoms with Gasteiger partial charge in [-0.05, 0) is 12.3 Å². The molecule has 1 heteroatoms. The molecule has 1 atom stereocenters. The first-order valence-corrected chi connectivity index (χ1v) is 2.47. The number of nitrogens with zero attached hydrogens (tertiary/aromatic N) is 1. The van der Waals surface area contributed by atoms with Gasteiger partial charge in [0, 0.05) is 6.42 Å². The van der Waals surface area contributed by atoms with Gasteiger partial charge < -0.3 is 0 Å². The summed E-state index contributed by atoms with van der Waals surface area (Å²) in [7, 11) is 0. The molecular formula is C6H10N. The molecular weight excluding hydrogens is 86.1 g/mol. The smallest absolute Gasteiger partial charge is 0.0624 e. The molecule has 0 bridgehead atoms. The van der Waals surface area contributed by atoms with E-state index in [1.807, 2.05) is 20.3 Å². The molecule has 0 amide bonds. The van der Waals surface area contributed by atoms with Gasteiger partial charge in [0.15, 0.2) is 0 Å². The second-order valence-electron chi connectivity index (χ2n) is 1.67. The summed E-state index contributed by atoms with van der Waals surface area (Å²) in [5.74, 6) is 0.463. The van der Waals surface area contributed by atoms with Crippen molar-refractivity contribution in [1.82, 2.24) is 0 Å². The van der Waals surface area contributed by atoms with Crippen molar-refractivity contribution in [3.8, 4) is 6.07 Å². The molecule has 7 heavy (non-hydrogen) atoms. The van der Waals surface area contributed by atoms with Gasteiger partial charge in [-0.25, -0.2) is 0 Å². The Balaban J connectivity index is 3.03. The third kappa shape index (κ3) is 3.32. The number of rotatable bonds is 2. The van der Waals surface area contributed by atoms with E-state index >= 15 is 0 Å². The topological polar surface area (TPSA) is 23.8 Å². The van der Waals surface area contributed by atoms with Crippen LogP contribution >= 0.6 is 0 Å². The molecule has 0 saturated heterocycles. The van der Waals surface area contributed by atoms with Crippen molar-refractivity contribution < 1.29 is 0 Å². The molecule has 0 aromatic rings. The zero-order chi connectivity index (χ0) is 5.70. The zero-order valence-corrected chi connectivity index (χ0v) is 4.81. The standard InChI is InChI=1S/C6H10N/c1-3-6(2)4-5-7/h3,6H,4H2,1-2H3. The Morgan fingerprint density at radius 3 is 2.57 bits per heavy atom. The molecule has 0 aromatic heterocycles. The lowest BCUT2D eigenvalue weighted by molar-refractivity contribution is 0.695. The summed E-state index contributed by atoms with van der Waals surface area (Å²) in [5.41, 5.74) is 0. The van der Waals surface area contributed by atoms with Crippen LogP contribution in [0, 0.1) is 23.7 Å². The van der Waals surface area contributed by atoms with Crippen molar-refractivity contribution in [1.29, 1.82) is 5.26 Å². The average Bonchev–Trinajstić information content (AvgIpc) is 1.68. The fourth-order valence-electron chi connectivity index (χ4n) is 0.262. The summed E-state index contributed by atoms with van der Waals surface area (Å²) in [6, 6.07) is 2.09. The Hall–Kier alpha value is -0.510. The lowest BCUT2D eigenvalue weighted by Crippen LogP contribution is -1.88. The Morgan fingerprint density at radius 1 is 1.86 bits per heavy atom. The molecule has 0 aliphatic heterocycles. The van der Waals surface area contributed by atoms with E-state index in [9.17, 15) is 0 Å². The van der Waals surface area contributed by atoms with Crippen LogP contribution in [0.1, 0.15) is 20.3 Å². The molecule has 1 radical (unpaired) electrons. The SMILES string of the molecule is C[CH]C(C)CC#N. The van der Waals surface area contributed by atoms with Gasteiger partial charge in [-0.15, -0.1) is 0 Å². The predicted octanol–water partition coefficient (Wildman–Crippen LogP) is 1.76. The van der Waals surface area contributed by atoms with E-state index in [4.69, 9.17) is 5.26 Å².